The van der Waals surface area contributed by atoms with E-state index in [1.54, 1.807) is 0 Å². The van der Waals surface area contributed by atoms with E-state index < -0.39 is 6.10 Å². The number of ketones is 1. The van der Waals surface area contributed by atoms with Crippen molar-refractivity contribution in [1.82, 2.24) is 5.32 Å². The van der Waals surface area contributed by atoms with Crippen molar-refractivity contribution in [3.05, 3.63) is 51.7 Å². The highest BCUT2D eigenvalue weighted by atomic mass is 32.1. The quantitative estimate of drug-likeness (QED) is 0.533. The Morgan fingerprint density at radius 1 is 1.26 bits per heavy atom. The predicted octanol–water partition coefficient (Wildman–Crippen LogP) is 4.25. The van der Waals surface area contributed by atoms with Gasteiger partial charge >= 0.3 is 0 Å². The van der Waals surface area contributed by atoms with E-state index in [2.05, 4.69) is 19.2 Å². The SMILES string of the molecule is CCC(C)CNCC(O)COc1c(C)csc1C(=O)CCc1ccccc1. The Balaban J connectivity index is 1.85. The molecule has 0 saturated heterocycles. The number of aryl methyl sites for hydroxylation is 2. The first-order chi connectivity index (χ1) is 13.0. The third-order valence-electron chi connectivity index (χ3n) is 4.64. The first-order valence-electron chi connectivity index (χ1n) is 9.68. The smallest absolute Gasteiger partial charge is 0.176 e. The number of aliphatic hydroxyl groups excluding tert-OH is 1. The second kappa shape index (κ2) is 11.2. The van der Waals surface area contributed by atoms with Gasteiger partial charge in [-0.1, -0.05) is 50.6 Å². The van der Waals surface area contributed by atoms with Crippen molar-refractivity contribution in [1.29, 1.82) is 0 Å². The molecule has 2 N–H and O–H groups in total. The number of thiophene rings is 1. The molecule has 27 heavy (non-hydrogen) atoms. The van der Waals surface area contributed by atoms with E-state index in [9.17, 15) is 9.90 Å². The fourth-order valence-corrected chi connectivity index (χ4v) is 3.66. The molecule has 2 rings (SSSR count). The van der Waals surface area contributed by atoms with Crippen molar-refractivity contribution in [2.45, 2.75) is 46.1 Å². The van der Waals surface area contributed by atoms with E-state index in [1.807, 2.05) is 42.6 Å². The van der Waals surface area contributed by atoms with Crippen LogP contribution in [0.4, 0.5) is 0 Å². The fourth-order valence-electron chi connectivity index (χ4n) is 2.70. The van der Waals surface area contributed by atoms with Crippen LogP contribution < -0.4 is 10.1 Å². The van der Waals surface area contributed by atoms with Gasteiger partial charge in [0.15, 0.2) is 5.78 Å². The van der Waals surface area contributed by atoms with Crippen LogP contribution in [0, 0.1) is 12.8 Å². The van der Waals surface area contributed by atoms with Crippen LogP contribution in [0.25, 0.3) is 0 Å². The summed E-state index contributed by atoms with van der Waals surface area (Å²) in [6, 6.07) is 10.0. The average molecular weight is 390 g/mol. The molecule has 0 fully saturated rings. The molecule has 0 radical (unpaired) electrons. The van der Waals surface area contributed by atoms with Gasteiger partial charge in [0.2, 0.25) is 0 Å². The Kier molecular flexibility index (Phi) is 8.98. The molecule has 0 aliphatic carbocycles. The third kappa shape index (κ3) is 7.09. The summed E-state index contributed by atoms with van der Waals surface area (Å²) in [4.78, 5) is 13.3. The van der Waals surface area contributed by atoms with Crippen LogP contribution in [0.3, 0.4) is 0 Å². The van der Waals surface area contributed by atoms with Crippen LogP contribution in [0.15, 0.2) is 35.7 Å². The molecule has 4 nitrogen and oxygen atoms in total. The van der Waals surface area contributed by atoms with Crippen molar-refractivity contribution >= 4 is 17.1 Å². The molecular formula is C22H31NO3S. The zero-order valence-corrected chi connectivity index (χ0v) is 17.3. The highest BCUT2D eigenvalue weighted by molar-refractivity contribution is 7.12. The van der Waals surface area contributed by atoms with Crippen molar-refractivity contribution in [2.24, 2.45) is 5.92 Å². The fraction of sp³-hybridized carbons (Fsp3) is 0.500. The molecule has 2 atom stereocenters. The molecule has 0 bridgehead atoms. The number of Topliss-reactive ketones (excluding diaryl/α,β-unsaturated/α-hetero) is 1. The second-order valence-corrected chi connectivity index (χ2v) is 8.00. The standard InChI is InChI=1S/C22H31NO3S/c1-4-16(2)12-23-13-19(24)14-26-21-17(3)15-27-22(21)20(25)11-10-18-8-6-5-7-9-18/h5-9,15-16,19,23-24H,4,10-14H2,1-3H3. The zero-order chi connectivity index (χ0) is 19.6. The lowest BCUT2D eigenvalue weighted by atomic mass is 10.1. The minimum absolute atomic E-state index is 0.0938. The summed E-state index contributed by atoms with van der Waals surface area (Å²) in [6.45, 7) is 7.83. The van der Waals surface area contributed by atoms with Gasteiger partial charge in [-0.15, -0.1) is 11.3 Å². The lowest BCUT2D eigenvalue weighted by Crippen LogP contribution is -2.33. The van der Waals surface area contributed by atoms with Gasteiger partial charge in [0.1, 0.15) is 23.3 Å². The molecule has 1 aromatic carbocycles. The van der Waals surface area contributed by atoms with Crippen LogP contribution in [-0.4, -0.2) is 36.7 Å². The van der Waals surface area contributed by atoms with Gasteiger partial charge in [0.05, 0.1) is 0 Å². The monoisotopic (exact) mass is 389 g/mol. The third-order valence-corrected chi connectivity index (χ3v) is 5.76. The average Bonchev–Trinajstić information content (AvgIpc) is 3.05. The topological polar surface area (TPSA) is 58.6 Å². The number of rotatable bonds is 12. The summed E-state index contributed by atoms with van der Waals surface area (Å²) in [7, 11) is 0. The maximum absolute atomic E-state index is 12.6. The second-order valence-electron chi connectivity index (χ2n) is 7.12. The highest BCUT2D eigenvalue weighted by Gasteiger charge is 2.18. The van der Waals surface area contributed by atoms with Crippen LogP contribution in [0.1, 0.15) is 47.5 Å². The lowest BCUT2D eigenvalue weighted by molar-refractivity contribution is 0.0953. The minimum Gasteiger partial charge on any atom is -0.489 e. The molecular weight excluding hydrogens is 358 g/mol. The molecule has 1 heterocycles. The first kappa shape index (κ1) is 21.6. The number of carbonyl (C=O) groups is 1. The van der Waals surface area contributed by atoms with Crippen molar-refractivity contribution < 1.29 is 14.6 Å². The Bertz CT molecular complexity index is 699. The summed E-state index contributed by atoms with van der Waals surface area (Å²) in [6.07, 6.45) is 1.69. The molecule has 0 saturated carbocycles. The van der Waals surface area contributed by atoms with Crippen molar-refractivity contribution in [3.63, 3.8) is 0 Å². The molecule has 2 unspecified atom stereocenters. The molecule has 148 valence electrons. The number of benzene rings is 1. The number of nitrogens with one attached hydrogen (secondary N) is 1. The van der Waals surface area contributed by atoms with Crippen LogP contribution >= 0.6 is 11.3 Å². The Morgan fingerprint density at radius 2 is 2.00 bits per heavy atom. The van der Waals surface area contributed by atoms with Gasteiger partial charge in [-0.2, -0.15) is 0 Å². The van der Waals surface area contributed by atoms with Gasteiger partial charge in [0, 0.05) is 18.5 Å². The van der Waals surface area contributed by atoms with Gasteiger partial charge in [-0.05, 0) is 36.8 Å². The van der Waals surface area contributed by atoms with Gasteiger partial charge in [-0.3, -0.25) is 4.79 Å². The van der Waals surface area contributed by atoms with Crippen molar-refractivity contribution in [3.8, 4) is 5.75 Å². The lowest BCUT2D eigenvalue weighted by Gasteiger charge is -2.16. The van der Waals surface area contributed by atoms with E-state index in [4.69, 9.17) is 4.74 Å². The van der Waals surface area contributed by atoms with Crippen LogP contribution in [0.5, 0.6) is 5.75 Å². The van der Waals surface area contributed by atoms with Crippen LogP contribution in [0.2, 0.25) is 0 Å². The molecule has 1 aromatic heterocycles. The Labute approximate surface area is 166 Å². The molecule has 0 spiro atoms. The molecule has 5 heteroatoms. The van der Waals surface area contributed by atoms with Gasteiger partial charge in [-0.25, -0.2) is 0 Å². The zero-order valence-electron chi connectivity index (χ0n) is 16.5. The maximum Gasteiger partial charge on any atom is 0.176 e. The summed E-state index contributed by atoms with van der Waals surface area (Å²) < 4.78 is 5.83. The number of aliphatic hydroxyl groups is 1. The molecule has 0 aliphatic rings. The number of hydrogen-bond donors (Lipinski definition) is 2. The van der Waals surface area contributed by atoms with Gasteiger partial charge < -0.3 is 15.2 Å². The predicted molar refractivity (Wildman–Crippen MR) is 112 cm³/mol. The van der Waals surface area contributed by atoms with E-state index >= 15 is 0 Å². The number of carbonyl (C=O) groups excluding carboxylic acids is 1. The molecule has 0 amide bonds. The summed E-state index contributed by atoms with van der Waals surface area (Å²) in [5.41, 5.74) is 2.10. The first-order valence-corrected chi connectivity index (χ1v) is 10.6. The molecule has 2 aromatic rings. The normalized spacial score (nSPS) is 13.3. The Morgan fingerprint density at radius 3 is 2.70 bits per heavy atom. The molecule has 0 aliphatic heterocycles. The van der Waals surface area contributed by atoms with Crippen molar-refractivity contribution in [2.75, 3.05) is 19.7 Å². The summed E-state index contributed by atoms with van der Waals surface area (Å²) >= 11 is 1.42. The number of hydrogen-bond acceptors (Lipinski definition) is 5. The van der Waals surface area contributed by atoms with Crippen LogP contribution in [-0.2, 0) is 6.42 Å². The maximum atomic E-state index is 12.6. The van der Waals surface area contributed by atoms with E-state index in [0.29, 0.717) is 29.5 Å². The minimum atomic E-state index is -0.597. The highest BCUT2D eigenvalue weighted by Crippen LogP contribution is 2.31. The van der Waals surface area contributed by atoms with E-state index in [-0.39, 0.29) is 12.4 Å². The Hall–Kier alpha value is -1.69. The van der Waals surface area contributed by atoms with Gasteiger partial charge in [0.25, 0.3) is 0 Å². The largest absolute Gasteiger partial charge is 0.489 e. The summed E-state index contributed by atoms with van der Waals surface area (Å²) in [5.74, 6) is 1.31. The van der Waals surface area contributed by atoms with E-state index in [1.165, 1.54) is 11.3 Å². The number of ether oxygens (including phenoxy) is 1. The van der Waals surface area contributed by atoms with E-state index in [0.717, 1.165) is 30.5 Å². The summed E-state index contributed by atoms with van der Waals surface area (Å²) in [5, 5.41) is 15.3.